The highest BCUT2D eigenvalue weighted by atomic mass is 35.5. The number of rotatable bonds is 5. The van der Waals surface area contributed by atoms with Gasteiger partial charge in [-0.05, 0) is 67.4 Å². The average molecular weight is 446 g/mol. The fraction of sp³-hybridized carbons (Fsp3) is 0.125. The Kier molecular flexibility index (Phi) is 5.26. The molecule has 0 saturated heterocycles. The molecule has 0 bridgehead atoms. The Morgan fingerprint density at radius 1 is 0.968 bits per heavy atom. The molecule has 0 amide bonds. The van der Waals surface area contributed by atoms with Crippen LogP contribution in [0.25, 0.3) is 22.7 Å². The van der Waals surface area contributed by atoms with Crippen LogP contribution in [0.4, 0.5) is 0 Å². The Hall–Kier alpha value is -3.09. The summed E-state index contributed by atoms with van der Waals surface area (Å²) in [6.07, 6.45) is 4.10. The van der Waals surface area contributed by atoms with Crippen molar-refractivity contribution in [2.45, 2.75) is 24.8 Å². The number of aryl methyl sites for hydroxylation is 2. The predicted molar refractivity (Wildman–Crippen MR) is 126 cm³/mol. The lowest BCUT2D eigenvalue weighted by Crippen LogP contribution is -2.00. The third-order valence-corrected chi connectivity index (χ3v) is 6.29. The summed E-state index contributed by atoms with van der Waals surface area (Å²) in [6, 6.07) is 20.2. The largest absolute Gasteiger partial charge is 0.307 e. The molecule has 5 nitrogen and oxygen atoms in total. The summed E-state index contributed by atoms with van der Waals surface area (Å²) in [5.74, 6) is 1.49. The molecule has 5 rings (SSSR count). The van der Waals surface area contributed by atoms with Gasteiger partial charge in [0, 0.05) is 34.4 Å². The van der Waals surface area contributed by atoms with Crippen molar-refractivity contribution in [3.05, 3.63) is 94.9 Å². The standard InChI is InChI=1S/C24H20ClN5S/c1-16-5-3-7-21(13-16)30-23(18-8-10-19(25)11-9-18)27-28-24(30)31-15-20-14-29-12-4-6-17(2)22(29)26-20/h3-14H,15H2,1-2H3. The van der Waals surface area contributed by atoms with Crippen LogP contribution >= 0.6 is 23.4 Å². The molecule has 3 heterocycles. The summed E-state index contributed by atoms with van der Waals surface area (Å²) in [7, 11) is 0. The molecule has 0 aliphatic heterocycles. The van der Waals surface area contributed by atoms with Crippen molar-refractivity contribution in [1.29, 1.82) is 0 Å². The van der Waals surface area contributed by atoms with Crippen LogP contribution in [-0.4, -0.2) is 24.1 Å². The SMILES string of the molecule is Cc1cccc(-n2c(SCc3cn4cccc(C)c4n3)nnc2-c2ccc(Cl)cc2)c1. The second-order valence-electron chi connectivity index (χ2n) is 7.43. The minimum Gasteiger partial charge on any atom is -0.307 e. The summed E-state index contributed by atoms with van der Waals surface area (Å²) in [5.41, 5.74) is 6.33. The molecular weight excluding hydrogens is 426 g/mol. The topological polar surface area (TPSA) is 48.0 Å². The molecule has 0 aliphatic rings. The average Bonchev–Trinajstić information content (AvgIpc) is 3.37. The number of hydrogen-bond donors (Lipinski definition) is 0. The zero-order valence-corrected chi connectivity index (χ0v) is 18.7. The molecule has 7 heteroatoms. The van der Waals surface area contributed by atoms with Crippen LogP contribution in [0.15, 0.2) is 78.2 Å². The van der Waals surface area contributed by atoms with Crippen molar-refractivity contribution in [3.63, 3.8) is 0 Å². The first-order valence-corrected chi connectivity index (χ1v) is 11.3. The van der Waals surface area contributed by atoms with Crippen LogP contribution in [-0.2, 0) is 5.75 Å². The summed E-state index contributed by atoms with van der Waals surface area (Å²) in [5, 5.41) is 10.6. The number of halogens is 1. The second kappa shape index (κ2) is 8.21. The van der Waals surface area contributed by atoms with Crippen LogP contribution in [0.5, 0.6) is 0 Å². The maximum absolute atomic E-state index is 6.09. The second-order valence-corrected chi connectivity index (χ2v) is 8.81. The fourth-order valence-electron chi connectivity index (χ4n) is 3.56. The maximum Gasteiger partial charge on any atom is 0.196 e. The Morgan fingerprint density at radius 3 is 2.58 bits per heavy atom. The lowest BCUT2D eigenvalue weighted by atomic mass is 10.2. The number of benzene rings is 2. The minimum atomic E-state index is 0.696. The Labute approximate surface area is 189 Å². The van der Waals surface area contributed by atoms with Crippen molar-refractivity contribution in [2.24, 2.45) is 0 Å². The van der Waals surface area contributed by atoms with Crippen molar-refractivity contribution >= 4 is 29.0 Å². The highest BCUT2D eigenvalue weighted by molar-refractivity contribution is 7.98. The first-order valence-electron chi connectivity index (χ1n) is 9.93. The predicted octanol–water partition coefficient (Wildman–Crippen LogP) is 6.14. The number of thioether (sulfide) groups is 1. The summed E-state index contributed by atoms with van der Waals surface area (Å²) < 4.78 is 4.16. The van der Waals surface area contributed by atoms with E-state index in [0.29, 0.717) is 10.8 Å². The van der Waals surface area contributed by atoms with Gasteiger partial charge in [-0.3, -0.25) is 4.57 Å². The van der Waals surface area contributed by atoms with Crippen LogP contribution < -0.4 is 0 Å². The summed E-state index contributed by atoms with van der Waals surface area (Å²) in [6.45, 7) is 4.16. The van der Waals surface area contributed by atoms with Gasteiger partial charge in [-0.25, -0.2) is 4.98 Å². The van der Waals surface area contributed by atoms with Gasteiger partial charge < -0.3 is 4.40 Å². The van der Waals surface area contributed by atoms with Crippen LogP contribution in [0.1, 0.15) is 16.8 Å². The van der Waals surface area contributed by atoms with Crippen molar-refractivity contribution in [1.82, 2.24) is 24.1 Å². The van der Waals surface area contributed by atoms with E-state index in [-0.39, 0.29) is 0 Å². The zero-order chi connectivity index (χ0) is 21.4. The monoisotopic (exact) mass is 445 g/mol. The zero-order valence-electron chi connectivity index (χ0n) is 17.2. The number of fused-ring (bicyclic) bond motifs is 1. The van der Waals surface area contributed by atoms with Crippen LogP contribution in [0.2, 0.25) is 5.02 Å². The van der Waals surface area contributed by atoms with Gasteiger partial charge in [0.1, 0.15) is 5.65 Å². The van der Waals surface area contributed by atoms with E-state index < -0.39 is 0 Å². The maximum atomic E-state index is 6.09. The lowest BCUT2D eigenvalue weighted by Gasteiger charge is -2.11. The highest BCUT2D eigenvalue weighted by Crippen LogP contribution is 2.30. The van der Waals surface area contributed by atoms with E-state index in [1.165, 1.54) is 5.56 Å². The third-order valence-electron chi connectivity index (χ3n) is 5.07. The van der Waals surface area contributed by atoms with Crippen molar-refractivity contribution in [2.75, 3.05) is 0 Å². The number of imidazole rings is 1. The van der Waals surface area contributed by atoms with Gasteiger partial charge in [0.2, 0.25) is 0 Å². The molecular formula is C24H20ClN5S. The first kappa shape index (κ1) is 19.8. The number of hydrogen-bond acceptors (Lipinski definition) is 4. The molecule has 0 saturated carbocycles. The van der Waals surface area contributed by atoms with Gasteiger partial charge in [-0.2, -0.15) is 0 Å². The van der Waals surface area contributed by atoms with Crippen molar-refractivity contribution < 1.29 is 0 Å². The van der Waals surface area contributed by atoms with Gasteiger partial charge in [-0.15, -0.1) is 10.2 Å². The lowest BCUT2D eigenvalue weighted by molar-refractivity contribution is 0.884. The molecule has 3 aromatic heterocycles. The molecule has 0 unspecified atom stereocenters. The number of aromatic nitrogens is 5. The summed E-state index contributed by atoms with van der Waals surface area (Å²) >= 11 is 7.72. The molecule has 5 aromatic rings. The van der Waals surface area contributed by atoms with Gasteiger partial charge in [0.05, 0.1) is 5.69 Å². The molecule has 154 valence electrons. The van der Waals surface area contributed by atoms with Gasteiger partial charge in [0.25, 0.3) is 0 Å². The van der Waals surface area contributed by atoms with E-state index in [2.05, 4.69) is 69.5 Å². The molecule has 31 heavy (non-hydrogen) atoms. The molecule has 0 aliphatic carbocycles. The molecule has 0 fully saturated rings. The molecule has 0 atom stereocenters. The smallest absolute Gasteiger partial charge is 0.196 e. The van der Waals surface area contributed by atoms with E-state index in [1.54, 1.807) is 11.8 Å². The van der Waals surface area contributed by atoms with Gasteiger partial charge in [0.15, 0.2) is 11.0 Å². The van der Waals surface area contributed by atoms with E-state index in [1.807, 2.05) is 36.5 Å². The third kappa shape index (κ3) is 3.96. The van der Waals surface area contributed by atoms with Gasteiger partial charge in [-0.1, -0.05) is 41.6 Å². The van der Waals surface area contributed by atoms with E-state index in [9.17, 15) is 0 Å². The minimum absolute atomic E-state index is 0.696. The fourth-order valence-corrected chi connectivity index (χ4v) is 4.52. The van der Waals surface area contributed by atoms with Crippen LogP contribution in [0, 0.1) is 13.8 Å². The van der Waals surface area contributed by atoms with Crippen LogP contribution in [0.3, 0.4) is 0 Å². The Balaban J connectivity index is 1.53. The van der Waals surface area contributed by atoms with E-state index in [0.717, 1.165) is 39.1 Å². The van der Waals surface area contributed by atoms with Crippen molar-refractivity contribution in [3.8, 4) is 17.1 Å². The molecule has 0 spiro atoms. The summed E-state index contributed by atoms with van der Waals surface area (Å²) in [4.78, 5) is 4.79. The quantitative estimate of drug-likeness (QED) is 0.304. The number of nitrogens with zero attached hydrogens (tertiary/aromatic N) is 5. The molecule has 2 aromatic carbocycles. The van der Waals surface area contributed by atoms with E-state index >= 15 is 0 Å². The Bertz CT molecular complexity index is 1370. The first-order chi connectivity index (χ1) is 15.1. The van der Waals surface area contributed by atoms with Gasteiger partial charge >= 0.3 is 0 Å². The van der Waals surface area contributed by atoms with E-state index in [4.69, 9.17) is 16.6 Å². The number of pyridine rings is 1. The Morgan fingerprint density at radius 2 is 1.81 bits per heavy atom. The highest BCUT2D eigenvalue weighted by Gasteiger charge is 2.17. The molecule has 0 N–H and O–H groups in total. The molecule has 0 radical (unpaired) electrons. The normalized spacial score (nSPS) is 11.3.